The van der Waals surface area contributed by atoms with Crippen LogP contribution >= 0.6 is 0 Å². The molecule has 1 aromatic carbocycles. The highest BCUT2D eigenvalue weighted by molar-refractivity contribution is 6.44. The number of likely N-dealkylation sites (N-methyl/N-ethyl adjacent to an activating group) is 1. The van der Waals surface area contributed by atoms with E-state index in [1.165, 1.54) is 4.90 Å². The van der Waals surface area contributed by atoms with Gasteiger partial charge in [-0.3, -0.25) is 14.6 Å². The topological polar surface area (TPSA) is 71.0 Å². The second kappa shape index (κ2) is 7.09. The molecule has 1 N–H and O–H groups in total. The molecular weight excluding hydrogens is 318 g/mol. The van der Waals surface area contributed by atoms with Gasteiger partial charge in [0, 0.05) is 7.05 Å². The van der Waals surface area contributed by atoms with E-state index in [-0.39, 0.29) is 18.4 Å². The van der Waals surface area contributed by atoms with Gasteiger partial charge < -0.3 is 15.0 Å². The lowest BCUT2D eigenvalue weighted by Crippen LogP contribution is -2.50. The van der Waals surface area contributed by atoms with Crippen LogP contribution in [0.25, 0.3) is 0 Å². The maximum Gasteiger partial charge on any atom is 0.270 e. The van der Waals surface area contributed by atoms with Gasteiger partial charge in [0.2, 0.25) is 0 Å². The van der Waals surface area contributed by atoms with Gasteiger partial charge in [0.05, 0.1) is 12.2 Å². The number of benzene rings is 1. The van der Waals surface area contributed by atoms with Crippen molar-refractivity contribution in [3.8, 4) is 5.75 Å². The summed E-state index contributed by atoms with van der Waals surface area (Å²) in [6, 6.07) is 6.59. The van der Waals surface area contributed by atoms with E-state index in [9.17, 15) is 9.59 Å². The van der Waals surface area contributed by atoms with Crippen molar-refractivity contribution in [1.82, 2.24) is 5.32 Å². The number of ether oxygens (including phenoxy) is 1. The number of amides is 2. The standard InChI is InChI=1S/C19H23N3O3/c1-12(2)8-13-9-14(20-10-13)18(23)21-15-11-25-17-7-5-4-6-16(17)22(3)19(15)24/h4-7,9,12,15H,8,10-11H2,1-3H3,(H,21,23)/t15-/m1/s1. The number of aliphatic imine (C=N–C) groups is 1. The first-order valence-corrected chi connectivity index (χ1v) is 8.50. The highest BCUT2D eigenvalue weighted by atomic mass is 16.5. The van der Waals surface area contributed by atoms with E-state index in [4.69, 9.17) is 4.74 Å². The number of hydrogen-bond donors (Lipinski definition) is 1. The van der Waals surface area contributed by atoms with Crippen molar-refractivity contribution in [2.24, 2.45) is 10.9 Å². The molecule has 0 aliphatic carbocycles. The quantitative estimate of drug-likeness (QED) is 0.910. The van der Waals surface area contributed by atoms with Crippen molar-refractivity contribution in [3.05, 3.63) is 35.9 Å². The summed E-state index contributed by atoms with van der Waals surface area (Å²) in [4.78, 5) is 30.9. The van der Waals surface area contributed by atoms with Crippen molar-refractivity contribution in [1.29, 1.82) is 0 Å². The Morgan fingerprint density at radius 2 is 2.16 bits per heavy atom. The molecule has 0 saturated heterocycles. The number of hydrogen-bond acceptors (Lipinski definition) is 4. The molecule has 0 fully saturated rings. The van der Waals surface area contributed by atoms with E-state index in [0.717, 1.165) is 12.0 Å². The normalized spacial score (nSPS) is 19.8. The second-order valence-corrected chi connectivity index (χ2v) is 6.80. The Bertz CT molecular complexity index is 752. The van der Waals surface area contributed by atoms with Gasteiger partial charge in [-0.25, -0.2) is 0 Å². The Balaban J connectivity index is 1.69. The van der Waals surface area contributed by atoms with Crippen molar-refractivity contribution in [3.63, 3.8) is 0 Å². The molecule has 1 atom stereocenters. The number of fused-ring (bicyclic) bond motifs is 1. The molecule has 2 aliphatic heterocycles. The van der Waals surface area contributed by atoms with Gasteiger partial charge in [-0.15, -0.1) is 0 Å². The number of rotatable bonds is 4. The molecule has 0 saturated carbocycles. The third kappa shape index (κ3) is 3.73. The predicted octanol–water partition coefficient (Wildman–Crippen LogP) is 1.95. The van der Waals surface area contributed by atoms with Crippen molar-refractivity contribution < 1.29 is 14.3 Å². The van der Waals surface area contributed by atoms with E-state index < -0.39 is 6.04 Å². The fourth-order valence-electron chi connectivity index (χ4n) is 3.05. The zero-order valence-electron chi connectivity index (χ0n) is 14.8. The van der Waals surface area contributed by atoms with Crippen LogP contribution in [-0.2, 0) is 9.59 Å². The molecule has 132 valence electrons. The van der Waals surface area contributed by atoms with E-state index in [2.05, 4.69) is 24.2 Å². The van der Waals surface area contributed by atoms with E-state index >= 15 is 0 Å². The average Bonchev–Trinajstić information content (AvgIpc) is 3.01. The average molecular weight is 341 g/mol. The lowest BCUT2D eigenvalue weighted by molar-refractivity contribution is -0.124. The molecule has 6 heteroatoms. The molecule has 2 amide bonds. The monoisotopic (exact) mass is 341 g/mol. The Kier molecular flexibility index (Phi) is 4.88. The van der Waals surface area contributed by atoms with E-state index in [1.54, 1.807) is 7.05 Å². The zero-order chi connectivity index (χ0) is 18.0. The summed E-state index contributed by atoms with van der Waals surface area (Å²) in [5.74, 6) is 0.614. The molecule has 0 unspecified atom stereocenters. The number of nitrogens with one attached hydrogen (secondary N) is 1. The van der Waals surface area contributed by atoms with Gasteiger partial charge in [0.15, 0.2) is 0 Å². The molecule has 2 heterocycles. The molecular formula is C19H23N3O3. The number of carbonyl (C=O) groups excluding carboxylic acids is 2. The fourth-order valence-corrected chi connectivity index (χ4v) is 3.05. The zero-order valence-corrected chi connectivity index (χ0v) is 14.8. The molecule has 2 aliphatic rings. The predicted molar refractivity (Wildman–Crippen MR) is 97.1 cm³/mol. The summed E-state index contributed by atoms with van der Waals surface area (Å²) in [6.45, 7) is 4.92. The second-order valence-electron chi connectivity index (χ2n) is 6.80. The van der Waals surface area contributed by atoms with Crippen molar-refractivity contribution >= 4 is 23.2 Å². The first-order valence-electron chi connectivity index (χ1n) is 8.50. The van der Waals surface area contributed by atoms with Gasteiger partial charge in [-0.05, 0) is 36.1 Å². The molecule has 0 bridgehead atoms. The minimum absolute atomic E-state index is 0.0990. The maximum absolute atomic E-state index is 12.6. The smallest absolute Gasteiger partial charge is 0.270 e. The summed E-state index contributed by atoms with van der Waals surface area (Å²) in [5.41, 5.74) is 2.22. The number of nitrogens with zero attached hydrogens (tertiary/aromatic N) is 2. The van der Waals surface area contributed by atoms with Gasteiger partial charge in [-0.1, -0.05) is 26.0 Å². The molecule has 3 rings (SSSR count). The van der Waals surface area contributed by atoms with Crippen LogP contribution in [0.4, 0.5) is 5.69 Å². The maximum atomic E-state index is 12.6. The van der Waals surface area contributed by atoms with Crippen molar-refractivity contribution in [2.45, 2.75) is 26.3 Å². The minimum atomic E-state index is -0.741. The van der Waals surface area contributed by atoms with Crippen LogP contribution in [0.15, 0.2) is 40.9 Å². The minimum Gasteiger partial charge on any atom is -0.489 e. The fraction of sp³-hybridized carbons (Fsp3) is 0.421. The highest BCUT2D eigenvalue weighted by Gasteiger charge is 2.31. The summed E-state index contributed by atoms with van der Waals surface area (Å²) in [7, 11) is 1.68. The first-order chi connectivity index (χ1) is 12.0. The lowest BCUT2D eigenvalue weighted by Gasteiger charge is -2.20. The molecule has 0 aromatic heterocycles. The largest absolute Gasteiger partial charge is 0.489 e. The van der Waals surface area contributed by atoms with Crippen LogP contribution in [0.2, 0.25) is 0 Å². The van der Waals surface area contributed by atoms with Gasteiger partial charge >= 0.3 is 0 Å². The van der Waals surface area contributed by atoms with Crippen LogP contribution in [-0.4, -0.2) is 43.8 Å². The third-order valence-electron chi connectivity index (χ3n) is 4.26. The summed E-state index contributed by atoms with van der Waals surface area (Å²) in [6.07, 6.45) is 2.75. The number of anilines is 1. The lowest BCUT2D eigenvalue weighted by atomic mass is 10.0. The SMILES string of the molecule is CC(C)CC1=CC(C(=O)N[C@@H]2COc3ccccc3N(C)C2=O)=NC1. The Labute approximate surface area is 147 Å². The van der Waals surface area contributed by atoms with Gasteiger partial charge in [0.1, 0.15) is 24.1 Å². The Morgan fingerprint density at radius 3 is 2.92 bits per heavy atom. The molecule has 0 spiro atoms. The van der Waals surface area contributed by atoms with Gasteiger partial charge in [-0.2, -0.15) is 0 Å². The summed E-state index contributed by atoms with van der Waals surface area (Å²) < 4.78 is 5.71. The van der Waals surface area contributed by atoms with Crippen LogP contribution in [0.1, 0.15) is 20.3 Å². The Morgan fingerprint density at radius 1 is 1.40 bits per heavy atom. The summed E-state index contributed by atoms with van der Waals surface area (Å²) in [5, 5.41) is 2.76. The third-order valence-corrected chi connectivity index (χ3v) is 4.26. The van der Waals surface area contributed by atoms with E-state index in [0.29, 0.717) is 29.6 Å². The van der Waals surface area contributed by atoms with Crippen LogP contribution in [0, 0.1) is 5.92 Å². The molecule has 1 aromatic rings. The molecule has 0 radical (unpaired) electrons. The van der Waals surface area contributed by atoms with Crippen molar-refractivity contribution in [2.75, 3.05) is 25.1 Å². The summed E-state index contributed by atoms with van der Waals surface area (Å²) >= 11 is 0. The van der Waals surface area contributed by atoms with Crippen LogP contribution < -0.4 is 15.0 Å². The first kappa shape index (κ1) is 17.2. The number of para-hydroxylation sites is 2. The number of carbonyl (C=O) groups is 2. The highest BCUT2D eigenvalue weighted by Crippen LogP contribution is 2.29. The molecule has 6 nitrogen and oxygen atoms in total. The van der Waals surface area contributed by atoms with E-state index in [1.807, 2.05) is 30.3 Å². The van der Waals surface area contributed by atoms with Gasteiger partial charge in [0.25, 0.3) is 11.8 Å². The van der Waals surface area contributed by atoms with Crippen LogP contribution in [0.3, 0.4) is 0 Å². The Hall–Kier alpha value is -2.63. The molecule has 25 heavy (non-hydrogen) atoms. The van der Waals surface area contributed by atoms with Crippen LogP contribution in [0.5, 0.6) is 5.75 Å².